The van der Waals surface area contributed by atoms with Crippen LogP contribution in [0.5, 0.6) is 0 Å². The maximum atomic E-state index is 11.2. The fourth-order valence-corrected chi connectivity index (χ4v) is 1.60. The average Bonchev–Trinajstić information content (AvgIpc) is 2.02. The highest BCUT2D eigenvalue weighted by Gasteiger charge is 2.12. The van der Waals surface area contributed by atoms with Crippen molar-refractivity contribution in [2.45, 2.75) is 25.3 Å². The Labute approximate surface area is 84.8 Å². The van der Waals surface area contributed by atoms with Crippen LogP contribution in [0, 0.1) is 12.3 Å². The van der Waals surface area contributed by atoms with Gasteiger partial charge in [0.05, 0.1) is 11.8 Å². The van der Waals surface area contributed by atoms with Gasteiger partial charge in [-0.2, -0.15) is 0 Å². The third-order valence-electron chi connectivity index (χ3n) is 1.69. The molecule has 2 N–H and O–H groups in total. The van der Waals surface area contributed by atoms with Gasteiger partial charge in [0.15, 0.2) is 5.78 Å². The summed E-state index contributed by atoms with van der Waals surface area (Å²) >= 11 is 0. The summed E-state index contributed by atoms with van der Waals surface area (Å²) in [6.45, 7) is 0. The van der Waals surface area contributed by atoms with Crippen LogP contribution in [-0.2, 0) is 14.6 Å². The highest BCUT2D eigenvalue weighted by Crippen LogP contribution is 1.99. The maximum Gasteiger partial charge on any atom is 0.150 e. The summed E-state index contributed by atoms with van der Waals surface area (Å²) < 4.78 is 21.5. The summed E-state index contributed by atoms with van der Waals surface area (Å²) in [4.78, 5) is 11.2. The van der Waals surface area contributed by atoms with E-state index in [0.29, 0.717) is 6.42 Å². The Hall–Kier alpha value is -0.860. The Morgan fingerprint density at radius 3 is 2.57 bits per heavy atom. The minimum absolute atomic E-state index is 0.0154. The molecule has 0 amide bonds. The van der Waals surface area contributed by atoms with Crippen molar-refractivity contribution in [3.8, 4) is 12.3 Å². The summed E-state index contributed by atoms with van der Waals surface area (Å²) in [6.07, 6.45) is 6.82. The van der Waals surface area contributed by atoms with Gasteiger partial charge >= 0.3 is 0 Å². The summed E-state index contributed by atoms with van der Waals surface area (Å²) in [5, 5.41) is 0. The molecule has 0 rings (SSSR count). The highest BCUT2D eigenvalue weighted by atomic mass is 32.2. The standard InChI is InChI=1S/C9H15NO3S/c1-3-5-8(10)9(11)6-4-7-14(2,12)13/h1,8H,4-7,10H2,2H3. The number of hydrogen-bond acceptors (Lipinski definition) is 4. The number of Topliss-reactive ketones (excluding diaryl/α,β-unsaturated/α-hetero) is 1. The third kappa shape index (κ3) is 6.63. The van der Waals surface area contributed by atoms with Gasteiger partial charge in [-0.05, 0) is 6.42 Å². The van der Waals surface area contributed by atoms with Crippen LogP contribution in [0.4, 0.5) is 0 Å². The van der Waals surface area contributed by atoms with Gasteiger partial charge in [0, 0.05) is 19.1 Å². The number of carbonyl (C=O) groups excluding carboxylic acids is 1. The van der Waals surface area contributed by atoms with Crippen molar-refractivity contribution in [2.75, 3.05) is 12.0 Å². The largest absolute Gasteiger partial charge is 0.321 e. The SMILES string of the molecule is C#CCC(N)C(=O)CCCS(C)(=O)=O. The molecule has 0 aliphatic rings. The molecule has 0 saturated heterocycles. The molecule has 1 unspecified atom stereocenters. The van der Waals surface area contributed by atoms with E-state index in [1.165, 1.54) is 0 Å². The number of carbonyl (C=O) groups is 1. The summed E-state index contributed by atoms with van der Waals surface area (Å²) in [6, 6.07) is -0.653. The molecule has 80 valence electrons. The maximum absolute atomic E-state index is 11.2. The number of terminal acetylenes is 1. The first-order valence-corrected chi connectivity index (χ1v) is 6.32. The molecule has 0 aromatic rings. The number of rotatable bonds is 6. The van der Waals surface area contributed by atoms with Crippen LogP contribution in [-0.4, -0.2) is 32.3 Å². The molecule has 5 heteroatoms. The molecule has 0 aromatic heterocycles. The Balaban J connectivity index is 3.82. The van der Waals surface area contributed by atoms with Gasteiger partial charge in [-0.15, -0.1) is 12.3 Å². The first-order valence-electron chi connectivity index (χ1n) is 4.26. The minimum Gasteiger partial charge on any atom is -0.321 e. The van der Waals surface area contributed by atoms with Crippen LogP contribution in [0.25, 0.3) is 0 Å². The first kappa shape index (κ1) is 13.1. The molecular weight excluding hydrogens is 202 g/mol. The molecule has 0 fully saturated rings. The Morgan fingerprint density at radius 2 is 2.14 bits per heavy atom. The molecule has 0 saturated carbocycles. The zero-order chi connectivity index (χ0) is 11.2. The van der Waals surface area contributed by atoms with Crippen molar-refractivity contribution in [1.29, 1.82) is 0 Å². The van der Waals surface area contributed by atoms with Crippen LogP contribution >= 0.6 is 0 Å². The Morgan fingerprint density at radius 1 is 1.57 bits per heavy atom. The normalized spacial score (nSPS) is 13.2. The van der Waals surface area contributed by atoms with Crippen molar-refractivity contribution >= 4 is 15.6 Å². The number of nitrogens with two attached hydrogens (primary N) is 1. The van der Waals surface area contributed by atoms with Crippen LogP contribution in [0.3, 0.4) is 0 Å². The lowest BCUT2D eigenvalue weighted by Crippen LogP contribution is -2.30. The zero-order valence-electron chi connectivity index (χ0n) is 8.19. The van der Waals surface area contributed by atoms with Gasteiger partial charge in [-0.1, -0.05) is 0 Å². The second-order valence-corrected chi connectivity index (χ2v) is 5.47. The lowest BCUT2D eigenvalue weighted by atomic mass is 10.1. The van der Waals surface area contributed by atoms with Crippen molar-refractivity contribution in [3.05, 3.63) is 0 Å². The van der Waals surface area contributed by atoms with E-state index in [1.54, 1.807) is 0 Å². The quantitative estimate of drug-likeness (QED) is 0.621. The smallest absolute Gasteiger partial charge is 0.150 e. The summed E-state index contributed by atoms with van der Waals surface area (Å²) in [7, 11) is -2.99. The monoisotopic (exact) mass is 217 g/mol. The molecule has 4 nitrogen and oxygen atoms in total. The van der Waals surface area contributed by atoms with Crippen LogP contribution in [0.15, 0.2) is 0 Å². The third-order valence-corrected chi connectivity index (χ3v) is 2.72. The zero-order valence-corrected chi connectivity index (χ0v) is 9.01. The van der Waals surface area contributed by atoms with E-state index in [2.05, 4.69) is 5.92 Å². The number of sulfone groups is 1. The molecule has 0 radical (unpaired) electrons. The van der Waals surface area contributed by atoms with Crippen molar-refractivity contribution in [2.24, 2.45) is 5.73 Å². The molecule has 0 aliphatic carbocycles. The predicted octanol–water partition coefficient (Wildman–Crippen LogP) is -0.269. The molecule has 0 aromatic carbocycles. The van der Waals surface area contributed by atoms with Gasteiger partial charge in [0.25, 0.3) is 0 Å². The number of hydrogen-bond donors (Lipinski definition) is 1. The summed E-state index contributed by atoms with van der Waals surface area (Å²) in [5.41, 5.74) is 5.44. The predicted molar refractivity (Wildman–Crippen MR) is 55.4 cm³/mol. The second-order valence-electron chi connectivity index (χ2n) is 3.21. The highest BCUT2D eigenvalue weighted by molar-refractivity contribution is 7.90. The lowest BCUT2D eigenvalue weighted by Gasteiger charge is -2.05. The van der Waals surface area contributed by atoms with E-state index in [-0.39, 0.29) is 24.4 Å². The van der Waals surface area contributed by atoms with E-state index in [9.17, 15) is 13.2 Å². The minimum atomic E-state index is -2.99. The van der Waals surface area contributed by atoms with Crippen LogP contribution in [0.2, 0.25) is 0 Å². The van der Waals surface area contributed by atoms with E-state index in [4.69, 9.17) is 12.2 Å². The molecule has 0 heterocycles. The van der Waals surface area contributed by atoms with Gasteiger partial charge in [0.1, 0.15) is 9.84 Å². The molecule has 0 spiro atoms. The Kier molecular flexibility index (Phi) is 5.43. The molecule has 14 heavy (non-hydrogen) atoms. The van der Waals surface area contributed by atoms with Gasteiger partial charge in [-0.3, -0.25) is 4.79 Å². The summed E-state index contributed by atoms with van der Waals surface area (Å²) in [5.74, 6) is 2.13. The van der Waals surface area contributed by atoms with Crippen molar-refractivity contribution in [1.82, 2.24) is 0 Å². The second kappa shape index (κ2) is 5.78. The average molecular weight is 217 g/mol. The van der Waals surface area contributed by atoms with E-state index in [1.807, 2.05) is 0 Å². The lowest BCUT2D eigenvalue weighted by molar-refractivity contribution is -0.120. The number of ketones is 1. The van der Waals surface area contributed by atoms with Gasteiger partial charge < -0.3 is 5.73 Å². The Bertz CT molecular complexity index is 326. The van der Waals surface area contributed by atoms with E-state index in [0.717, 1.165) is 6.26 Å². The first-order chi connectivity index (χ1) is 6.37. The van der Waals surface area contributed by atoms with Gasteiger partial charge in [0.2, 0.25) is 0 Å². The fourth-order valence-electron chi connectivity index (χ4n) is 0.935. The van der Waals surface area contributed by atoms with Crippen LogP contribution < -0.4 is 5.73 Å². The molecule has 0 bridgehead atoms. The van der Waals surface area contributed by atoms with Crippen LogP contribution in [0.1, 0.15) is 19.3 Å². The van der Waals surface area contributed by atoms with E-state index >= 15 is 0 Å². The molecule has 0 aliphatic heterocycles. The molecule has 1 atom stereocenters. The van der Waals surface area contributed by atoms with Crippen molar-refractivity contribution in [3.63, 3.8) is 0 Å². The topological polar surface area (TPSA) is 77.2 Å². The van der Waals surface area contributed by atoms with Gasteiger partial charge in [-0.25, -0.2) is 8.42 Å². The molecular formula is C9H15NO3S. The van der Waals surface area contributed by atoms with Crippen molar-refractivity contribution < 1.29 is 13.2 Å². The van der Waals surface area contributed by atoms with E-state index < -0.39 is 15.9 Å². The fraction of sp³-hybridized carbons (Fsp3) is 0.667.